The number of fused-ring (bicyclic) bond motifs is 8. The molecule has 1 aliphatic rings. The molecule has 0 amide bonds. The number of carbonyl (C=O) groups is 1. The van der Waals surface area contributed by atoms with Gasteiger partial charge in [0.15, 0.2) is 11.6 Å². The van der Waals surface area contributed by atoms with Gasteiger partial charge in [0.1, 0.15) is 17.6 Å². The smallest absolute Gasteiger partial charge is 0.330 e. The number of hydrogen-bond acceptors (Lipinski definition) is 9. The van der Waals surface area contributed by atoms with Gasteiger partial charge in [-0.1, -0.05) is 51.0 Å². The van der Waals surface area contributed by atoms with Crippen LogP contribution in [-0.2, 0) is 33.1 Å². The van der Waals surface area contributed by atoms with Gasteiger partial charge in [-0.05, 0) is 101 Å². The summed E-state index contributed by atoms with van der Waals surface area (Å²) in [6, 6.07) is 15.3. The van der Waals surface area contributed by atoms with Crippen LogP contribution in [-0.4, -0.2) is 42.3 Å². The van der Waals surface area contributed by atoms with E-state index >= 15 is 4.39 Å². The number of nitrogens with one attached hydrogen (secondary N) is 1. The first-order chi connectivity index (χ1) is 25.8. The molecule has 0 spiro atoms. The number of carbonyl (C=O) groups excluding carboxylic acids is 1. The molecule has 1 aliphatic heterocycles. The minimum absolute atomic E-state index is 0.0304. The lowest BCUT2D eigenvalue weighted by atomic mass is 9.75. The first-order valence-electron chi connectivity index (χ1n) is 18.0. The number of ether oxygens (including phenoxy) is 1. The van der Waals surface area contributed by atoms with Crippen molar-refractivity contribution in [3.05, 3.63) is 118 Å². The van der Waals surface area contributed by atoms with Crippen molar-refractivity contribution in [3.63, 3.8) is 0 Å². The summed E-state index contributed by atoms with van der Waals surface area (Å²) < 4.78 is 29.6. The number of allylic oxidation sites excluding steroid dienone is 1. The lowest BCUT2D eigenvalue weighted by Gasteiger charge is -2.30. The highest BCUT2D eigenvalue weighted by atomic mass is 127. The summed E-state index contributed by atoms with van der Waals surface area (Å²) in [5.41, 5.74) is 11.3. The van der Waals surface area contributed by atoms with Crippen LogP contribution in [0.3, 0.4) is 0 Å². The zero-order valence-corrected chi connectivity index (χ0v) is 34.4. The number of nitrogens with two attached hydrogens (primary N) is 2. The summed E-state index contributed by atoms with van der Waals surface area (Å²) in [4.78, 5) is 25.1. The van der Waals surface area contributed by atoms with E-state index in [0.717, 1.165) is 42.2 Å². The summed E-state index contributed by atoms with van der Waals surface area (Å²) in [6.45, 7) is 8.70. The van der Waals surface area contributed by atoms with Crippen molar-refractivity contribution in [2.45, 2.75) is 71.4 Å². The summed E-state index contributed by atoms with van der Waals surface area (Å²) in [5.74, 6) is 7.08. The molecule has 284 valence electrons. The van der Waals surface area contributed by atoms with Gasteiger partial charge in [-0.15, -0.1) is 0 Å². The van der Waals surface area contributed by atoms with E-state index in [4.69, 9.17) is 35.9 Å². The number of aromatic amines is 1. The van der Waals surface area contributed by atoms with Gasteiger partial charge in [0.05, 0.1) is 25.0 Å². The van der Waals surface area contributed by atoms with E-state index < -0.39 is 23.3 Å². The van der Waals surface area contributed by atoms with Crippen molar-refractivity contribution in [1.29, 1.82) is 0 Å². The Kier molecular flexibility index (Phi) is 12.2. The monoisotopic (exact) mass is 864 g/mol. The molecule has 0 saturated carbocycles. The number of H-pyrrole nitrogens is 1. The van der Waals surface area contributed by atoms with E-state index in [1.54, 1.807) is 41.3 Å². The molecule has 4 heterocycles. The molecule has 4 bridgehead atoms. The molecule has 5 N–H and O–H groups in total. The van der Waals surface area contributed by atoms with Crippen LogP contribution in [0.4, 0.5) is 4.39 Å². The van der Waals surface area contributed by atoms with Gasteiger partial charge in [0.25, 0.3) is 0 Å². The number of aromatic nitrogens is 5. The number of nitrogens with zero attached hydrogens (tertiary/aromatic N) is 5. The number of aryl methyl sites for hydroxylation is 1. The van der Waals surface area contributed by atoms with Crippen LogP contribution in [0.1, 0.15) is 93.1 Å². The van der Waals surface area contributed by atoms with Gasteiger partial charge >= 0.3 is 5.97 Å². The Hall–Kier alpha value is -4.17. The molecule has 3 aromatic heterocycles. The number of hydrogen-bond donors (Lipinski definition) is 3. The highest BCUT2D eigenvalue weighted by Gasteiger charge is 2.35. The fourth-order valence-electron chi connectivity index (χ4n) is 7.12. The minimum atomic E-state index is -0.770. The van der Waals surface area contributed by atoms with Crippen LogP contribution in [0, 0.1) is 11.2 Å². The number of hydrazine groups is 1. The average Bonchev–Trinajstić information content (AvgIpc) is 3.78. The lowest BCUT2D eigenvalue weighted by molar-refractivity contribution is -0.137. The van der Waals surface area contributed by atoms with Crippen LogP contribution in [0.15, 0.2) is 78.9 Å². The number of esters is 1. The summed E-state index contributed by atoms with van der Waals surface area (Å²) in [6.07, 6.45) is 11.0. The predicted molar refractivity (Wildman–Crippen MR) is 221 cm³/mol. The highest BCUT2D eigenvalue weighted by molar-refractivity contribution is 14.2. The standard InChI is InChI=1S/C40H47FIN8O3P/c1-6-52-34(51)13-12-25-10-9-11-27(20-25)40(4)17-8-7-16-39(2,3)33(43)24-50(44)23-29-28-15-19-45-31(28)22-30(41)35(29)36(53-54-42)26-14-18-46-32(21-26)37-47-38(40)48-49(37)5/h9-15,18-22,24,36,45,54H,6-8,16-17,23,43-44H2,1-5H3/b13-12+,33-24-/t36?,40-/m1/s1. The number of pyridine rings is 1. The third-order valence-corrected chi connectivity index (χ3v) is 11.4. The van der Waals surface area contributed by atoms with E-state index in [1.165, 1.54) is 12.1 Å². The normalized spacial score (nSPS) is 20.7. The van der Waals surface area contributed by atoms with E-state index in [-0.39, 0.29) is 18.4 Å². The molecule has 14 heteroatoms. The van der Waals surface area contributed by atoms with E-state index in [2.05, 4.69) is 59.9 Å². The number of rotatable bonds is 6. The third-order valence-electron chi connectivity index (χ3n) is 10.3. The molecule has 0 saturated heterocycles. The fourth-order valence-corrected chi connectivity index (χ4v) is 8.23. The first-order valence-corrected chi connectivity index (χ1v) is 22.0. The largest absolute Gasteiger partial charge is 0.463 e. The second-order valence-corrected chi connectivity index (χ2v) is 16.2. The molecule has 5 aromatic rings. The van der Waals surface area contributed by atoms with Crippen LogP contribution in [0.2, 0.25) is 0 Å². The Morgan fingerprint density at radius 2 is 1.96 bits per heavy atom. The zero-order chi connectivity index (χ0) is 38.6. The van der Waals surface area contributed by atoms with Crippen LogP contribution in [0.25, 0.3) is 28.5 Å². The average molecular weight is 865 g/mol. The highest BCUT2D eigenvalue weighted by Crippen LogP contribution is 2.43. The minimum Gasteiger partial charge on any atom is -0.463 e. The van der Waals surface area contributed by atoms with E-state index in [1.807, 2.05) is 37.4 Å². The molecule has 11 nitrogen and oxygen atoms in total. The Bertz CT molecular complexity index is 2200. The maximum Gasteiger partial charge on any atom is 0.330 e. The molecule has 0 radical (unpaired) electrons. The van der Waals surface area contributed by atoms with Crippen molar-refractivity contribution in [1.82, 2.24) is 29.7 Å². The number of benzene rings is 2. The molecule has 2 aromatic carbocycles. The molecular formula is C40H47FIN8O3P. The van der Waals surface area contributed by atoms with Gasteiger partial charge in [-0.25, -0.2) is 24.7 Å². The van der Waals surface area contributed by atoms with Gasteiger partial charge in [-0.3, -0.25) is 4.98 Å². The second-order valence-electron chi connectivity index (χ2n) is 14.5. The fraction of sp³-hybridized carbons (Fsp3) is 0.350. The Labute approximate surface area is 330 Å². The summed E-state index contributed by atoms with van der Waals surface area (Å²) >= 11 is 2.16. The summed E-state index contributed by atoms with van der Waals surface area (Å²) in [7, 11) is 1.86. The van der Waals surface area contributed by atoms with Crippen molar-refractivity contribution in [2.75, 3.05) is 6.61 Å². The first kappa shape index (κ1) is 39.5. The van der Waals surface area contributed by atoms with Gasteiger partial charge in [0.2, 0.25) is 0 Å². The molecule has 54 heavy (non-hydrogen) atoms. The maximum atomic E-state index is 16.4. The molecule has 0 aliphatic carbocycles. The Balaban J connectivity index is 1.51. The SMILES string of the molecule is CCOC(=O)/C=C/c1cccc([C@@]2(C)CCCCC(C)(C)/C(N)=C/N(N)Cc3c(c(F)cc4[nH]ccc34)C(OPI)c3ccnc(c3)-c3nc2nn3C)c1. The second kappa shape index (κ2) is 16.7. The van der Waals surface area contributed by atoms with Crippen LogP contribution >= 0.6 is 28.5 Å². The van der Waals surface area contributed by atoms with Crippen LogP contribution < -0.4 is 11.6 Å². The molecule has 2 unspecified atom stereocenters. The van der Waals surface area contributed by atoms with E-state index in [0.29, 0.717) is 51.9 Å². The van der Waals surface area contributed by atoms with Crippen LogP contribution in [0.5, 0.6) is 0 Å². The molecule has 6 rings (SSSR count). The Morgan fingerprint density at radius 3 is 2.74 bits per heavy atom. The molecular weight excluding hydrogens is 817 g/mol. The van der Waals surface area contributed by atoms with Gasteiger partial charge < -0.3 is 25.0 Å². The Morgan fingerprint density at radius 1 is 1.17 bits per heavy atom. The lowest BCUT2D eigenvalue weighted by Crippen LogP contribution is -2.31. The topological polar surface area (TPSA) is 150 Å². The maximum absolute atomic E-state index is 16.4. The summed E-state index contributed by atoms with van der Waals surface area (Å²) in [5, 5.41) is 7.39. The number of halogens is 2. The third kappa shape index (κ3) is 8.39. The quantitative estimate of drug-likeness (QED) is 0.0502. The van der Waals surface area contributed by atoms with Crippen molar-refractivity contribution < 1.29 is 18.4 Å². The molecule has 0 fully saturated rings. The van der Waals surface area contributed by atoms with Crippen molar-refractivity contribution in [3.8, 4) is 11.5 Å². The van der Waals surface area contributed by atoms with Gasteiger partial charge in [-0.2, -0.15) is 5.10 Å². The predicted octanol–water partition coefficient (Wildman–Crippen LogP) is 8.51. The van der Waals surface area contributed by atoms with Crippen molar-refractivity contribution in [2.24, 2.45) is 24.0 Å². The zero-order valence-electron chi connectivity index (χ0n) is 31.2. The van der Waals surface area contributed by atoms with E-state index in [9.17, 15) is 4.79 Å². The van der Waals surface area contributed by atoms with Crippen molar-refractivity contribution >= 4 is 51.4 Å². The van der Waals surface area contributed by atoms with Gasteiger partial charge in [0, 0.05) is 59.3 Å². The molecule has 3 atom stereocenters.